The zero-order valence-corrected chi connectivity index (χ0v) is 15.8. The van der Waals surface area contributed by atoms with E-state index in [4.69, 9.17) is 4.74 Å². The highest BCUT2D eigenvalue weighted by atomic mass is 32.2. The molecule has 0 unspecified atom stereocenters. The highest BCUT2D eigenvalue weighted by Gasteiger charge is 2.19. The van der Waals surface area contributed by atoms with Crippen LogP contribution in [-0.4, -0.2) is 47.7 Å². The lowest BCUT2D eigenvalue weighted by Gasteiger charge is -2.22. The molecule has 142 valence electrons. The predicted molar refractivity (Wildman–Crippen MR) is 100 cm³/mol. The summed E-state index contributed by atoms with van der Waals surface area (Å²) in [6.45, 7) is 2.27. The van der Waals surface area contributed by atoms with E-state index in [9.17, 15) is 8.42 Å². The number of fused-ring (bicyclic) bond motifs is 1. The molecule has 9 heteroatoms. The molecule has 1 saturated heterocycles. The molecular weight excluding hydrogens is 366 g/mol. The van der Waals surface area contributed by atoms with Gasteiger partial charge in [0.1, 0.15) is 17.6 Å². The van der Waals surface area contributed by atoms with Crippen LogP contribution < -0.4 is 10.1 Å². The van der Waals surface area contributed by atoms with E-state index in [1.54, 1.807) is 36.5 Å². The molecule has 2 aromatic heterocycles. The second-order valence-corrected chi connectivity index (χ2v) is 8.75. The average molecular weight is 387 g/mol. The Balaban J connectivity index is 1.46. The molecule has 3 heterocycles. The molecule has 0 amide bonds. The van der Waals surface area contributed by atoms with Crippen LogP contribution in [0.4, 0.5) is 0 Å². The fourth-order valence-electron chi connectivity index (χ4n) is 3.21. The number of hydrogen-bond acceptors (Lipinski definition) is 7. The Morgan fingerprint density at radius 3 is 2.67 bits per heavy atom. The van der Waals surface area contributed by atoms with E-state index < -0.39 is 9.84 Å². The molecule has 1 aliphatic heterocycles. The van der Waals surface area contributed by atoms with E-state index in [2.05, 4.69) is 20.6 Å². The normalized spacial score (nSPS) is 15.9. The van der Waals surface area contributed by atoms with Gasteiger partial charge in [0.2, 0.25) is 5.88 Å². The van der Waals surface area contributed by atoms with Crippen LogP contribution in [0.1, 0.15) is 24.4 Å². The highest BCUT2D eigenvalue weighted by Crippen LogP contribution is 2.24. The first-order valence-electron chi connectivity index (χ1n) is 8.84. The first-order valence-corrected chi connectivity index (χ1v) is 10.7. The van der Waals surface area contributed by atoms with Gasteiger partial charge in [0.25, 0.3) is 0 Å². The number of rotatable bonds is 5. The molecule has 1 fully saturated rings. The molecule has 0 radical (unpaired) electrons. The third-order valence-electron chi connectivity index (χ3n) is 4.73. The molecule has 8 nitrogen and oxygen atoms in total. The van der Waals surface area contributed by atoms with E-state index in [1.807, 2.05) is 4.68 Å². The summed E-state index contributed by atoms with van der Waals surface area (Å²) in [7, 11) is -3.19. The van der Waals surface area contributed by atoms with Gasteiger partial charge in [0, 0.05) is 12.3 Å². The third-order valence-corrected chi connectivity index (χ3v) is 5.85. The van der Waals surface area contributed by atoms with Gasteiger partial charge in [-0.05, 0) is 43.6 Å². The molecule has 0 aliphatic carbocycles. The number of aromatic nitrogens is 4. The Morgan fingerprint density at radius 2 is 1.96 bits per heavy atom. The Labute approximate surface area is 157 Å². The summed E-state index contributed by atoms with van der Waals surface area (Å²) in [5.41, 5.74) is 2.53. The number of piperidine rings is 1. The largest absolute Gasteiger partial charge is 0.473 e. The zero-order valence-electron chi connectivity index (χ0n) is 15.0. The second kappa shape index (κ2) is 7.24. The summed E-state index contributed by atoms with van der Waals surface area (Å²) in [4.78, 5) is 4.66. The minimum absolute atomic E-state index is 0.292. The molecular formula is C18H21N5O3S. The number of pyridine rings is 1. The number of nitrogens with zero attached hydrogens (tertiary/aromatic N) is 4. The summed E-state index contributed by atoms with van der Waals surface area (Å²) < 4.78 is 30.7. The summed E-state index contributed by atoms with van der Waals surface area (Å²) in [6.07, 6.45) is 4.99. The van der Waals surface area contributed by atoms with Gasteiger partial charge in [0.15, 0.2) is 9.84 Å². The average Bonchev–Trinajstić information content (AvgIpc) is 3.10. The van der Waals surface area contributed by atoms with Crippen molar-refractivity contribution >= 4 is 20.9 Å². The van der Waals surface area contributed by atoms with Crippen molar-refractivity contribution in [3.05, 3.63) is 42.1 Å². The molecule has 1 aliphatic rings. The quantitative estimate of drug-likeness (QED) is 0.712. The summed E-state index contributed by atoms with van der Waals surface area (Å²) in [6, 6.07) is 8.76. The maximum atomic E-state index is 11.5. The van der Waals surface area contributed by atoms with Crippen LogP contribution in [0.25, 0.3) is 11.0 Å². The minimum atomic E-state index is -3.19. The Morgan fingerprint density at radius 1 is 1.22 bits per heavy atom. The lowest BCUT2D eigenvalue weighted by atomic mass is 10.1. The van der Waals surface area contributed by atoms with Gasteiger partial charge in [-0.25, -0.2) is 18.1 Å². The van der Waals surface area contributed by atoms with Crippen molar-refractivity contribution in [1.29, 1.82) is 0 Å². The predicted octanol–water partition coefficient (Wildman–Crippen LogP) is 1.73. The molecule has 1 aromatic carbocycles. The monoisotopic (exact) mass is 387 g/mol. The van der Waals surface area contributed by atoms with E-state index in [0.717, 1.165) is 42.5 Å². The van der Waals surface area contributed by atoms with Gasteiger partial charge in [0.05, 0.1) is 17.1 Å². The van der Waals surface area contributed by atoms with Crippen molar-refractivity contribution in [2.75, 3.05) is 19.3 Å². The van der Waals surface area contributed by atoms with Crippen LogP contribution in [0, 0.1) is 0 Å². The molecule has 0 bridgehead atoms. The van der Waals surface area contributed by atoms with E-state index >= 15 is 0 Å². The molecule has 0 spiro atoms. The van der Waals surface area contributed by atoms with Crippen molar-refractivity contribution in [1.82, 2.24) is 25.3 Å². The maximum absolute atomic E-state index is 11.5. The smallest absolute Gasteiger partial charge is 0.215 e. The van der Waals surface area contributed by atoms with Crippen molar-refractivity contribution in [2.24, 2.45) is 0 Å². The highest BCUT2D eigenvalue weighted by molar-refractivity contribution is 7.90. The van der Waals surface area contributed by atoms with E-state index in [1.165, 1.54) is 6.26 Å². The standard InChI is InChI=1S/C18H21N5O3S/c1-27(24,25)15-4-2-13(3-5-15)12-26-18-10-16-17(11-20-18)23(22-21-16)14-6-8-19-9-7-14/h2-5,10-11,14,19H,6-9,12H2,1H3. The first-order chi connectivity index (χ1) is 13.0. The topological polar surface area (TPSA) is 99.0 Å². The number of nitrogens with one attached hydrogen (secondary N) is 1. The van der Waals surface area contributed by atoms with Crippen LogP contribution in [0.2, 0.25) is 0 Å². The van der Waals surface area contributed by atoms with E-state index in [-0.39, 0.29) is 0 Å². The van der Waals surface area contributed by atoms with Crippen molar-refractivity contribution in [3.63, 3.8) is 0 Å². The number of sulfone groups is 1. The Kier molecular flexibility index (Phi) is 4.79. The van der Waals surface area contributed by atoms with E-state index in [0.29, 0.717) is 23.4 Å². The summed E-state index contributed by atoms with van der Waals surface area (Å²) >= 11 is 0. The van der Waals surface area contributed by atoms with Gasteiger partial charge in [-0.3, -0.25) is 0 Å². The molecule has 0 atom stereocenters. The van der Waals surface area contributed by atoms with Crippen molar-refractivity contribution in [3.8, 4) is 5.88 Å². The van der Waals surface area contributed by atoms with Gasteiger partial charge in [-0.2, -0.15) is 0 Å². The van der Waals surface area contributed by atoms with Gasteiger partial charge in [-0.15, -0.1) is 5.10 Å². The molecule has 27 heavy (non-hydrogen) atoms. The molecule has 4 rings (SSSR count). The second-order valence-electron chi connectivity index (χ2n) is 6.73. The van der Waals surface area contributed by atoms with Gasteiger partial charge >= 0.3 is 0 Å². The fourth-order valence-corrected chi connectivity index (χ4v) is 3.84. The van der Waals surface area contributed by atoms with Crippen molar-refractivity contribution in [2.45, 2.75) is 30.4 Å². The van der Waals surface area contributed by atoms with Crippen LogP contribution in [-0.2, 0) is 16.4 Å². The van der Waals surface area contributed by atoms with Crippen LogP contribution in [0.3, 0.4) is 0 Å². The van der Waals surface area contributed by atoms with Gasteiger partial charge < -0.3 is 10.1 Å². The first kappa shape index (κ1) is 17.9. The Hall–Kier alpha value is -2.52. The summed E-state index contributed by atoms with van der Waals surface area (Å²) in [5.74, 6) is 0.465. The zero-order chi connectivity index (χ0) is 18.9. The van der Waals surface area contributed by atoms with Crippen molar-refractivity contribution < 1.29 is 13.2 Å². The lowest BCUT2D eigenvalue weighted by molar-refractivity contribution is 0.294. The van der Waals surface area contributed by atoms with Crippen LogP contribution in [0.5, 0.6) is 5.88 Å². The van der Waals surface area contributed by atoms with Gasteiger partial charge in [-0.1, -0.05) is 17.3 Å². The number of ether oxygens (including phenoxy) is 1. The van der Waals surface area contributed by atoms with Crippen LogP contribution >= 0.6 is 0 Å². The van der Waals surface area contributed by atoms with Crippen LogP contribution in [0.15, 0.2) is 41.4 Å². The lowest BCUT2D eigenvalue weighted by Crippen LogP contribution is -2.29. The summed E-state index contributed by atoms with van der Waals surface area (Å²) in [5, 5.41) is 11.9. The maximum Gasteiger partial charge on any atom is 0.215 e. The number of benzene rings is 1. The number of hydrogen-bond donors (Lipinski definition) is 1. The molecule has 1 N–H and O–H groups in total. The molecule has 3 aromatic rings. The molecule has 0 saturated carbocycles. The third kappa shape index (κ3) is 3.93. The fraction of sp³-hybridized carbons (Fsp3) is 0.389. The Bertz CT molecular complexity index is 1040. The SMILES string of the molecule is CS(=O)(=O)c1ccc(COc2cc3nnn(C4CCNCC4)c3cn2)cc1. The minimum Gasteiger partial charge on any atom is -0.473 e.